The number of halogens is 1. The lowest BCUT2D eigenvalue weighted by molar-refractivity contribution is -0.151. The van der Waals surface area contributed by atoms with Gasteiger partial charge in [0, 0.05) is 37.7 Å². The van der Waals surface area contributed by atoms with Crippen molar-refractivity contribution >= 4 is 5.91 Å². The smallest absolute Gasteiger partial charge is 0.260 e. The summed E-state index contributed by atoms with van der Waals surface area (Å²) in [4.78, 5) is 14.4. The van der Waals surface area contributed by atoms with Gasteiger partial charge >= 0.3 is 0 Å². The molecule has 5 nitrogen and oxygen atoms in total. The van der Waals surface area contributed by atoms with Crippen LogP contribution in [-0.4, -0.2) is 46.0 Å². The van der Waals surface area contributed by atoms with Crippen molar-refractivity contribution in [1.29, 1.82) is 0 Å². The lowest BCUT2D eigenvalue weighted by Gasteiger charge is -2.40. The van der Waals surface area contributed by atoms with Crippen LogP contribution < -0.4 is 0 Å². The maximum Gasteiger partial charge on any atom is 0.260 e. The Bertz CT molecular complexity index is 649. The van der Waals surface area contributed by atoms with Crippen LogP contribution in [0.15, 0.2) is 6.20 Å². The molecule has 0 saturated heterocycles. The molecule has 26 heavy (non-hydrogen) atoms. The predicted octanol–water partition coefficient (Wildman–Crippen LogP) is 3.43. The van der Waals surface area contributed by atoms with E-state index in [0.717, 1.165) is 18.5 Å². The van der Waals surface area contributed by atoms with Crippen LogP contribution >= 0.6 is 0 Å². The maximum atomic E-state index is 14.7. The van der Waals surface area contributed by atoms with E-state index in [9.17, 15) is 9.18 Å². The summed E-state index contributed by atoms with van der Waals surface area (Å²) in [7, 11) is 0. The summed E-state index contributed by atoms with van der Waals surface area (Å²) >= 11 is 0. The number of aromatic nitrogens is 2. The Morgan fingerprint density at radius 2 is 2.12 bits per heavy atom. The normalized spacial score (nSPS) is 25.2. The average Bonchev–Trinajstić information content (AvgIpc) is 3.27. The van der Waals surface area contributed by atoms with Crippen molar-refractivity contribution < 1.29 is 13.9 Å². The van der Waals surface area contributed by atoms with Gasteiger partial charge in [-0.05, 0) is 44.9 Å². The van der Waals surface area contributed by atoms with Gasteiger partial charge in [-0.1, -0.05) is 12.8 Å². The average molecular weight is 363 g/mol. The van der Waals surface area contributed by atoms with Crippen molar-refractivity contribution in [2.75, 3.05) is 19.8 Å². The third-order valence-electron chi connectivity index (χ3n) is 6.39. The maximum absolute atomic E-state index is 14.7. The Labute approximate surface area is 154 Å². The molecule has 0 N–H and O–H groups in total. The summed E-state index contributed by atoms with van der Waals surface area (Å²) in [5.41, 5.74) is 0.638. The number of carbonyl (C=O) groups excluding carboxylic acids is 1. The van der Waals surface area contributed by atoms with Gasteiger partial charge in [0.05, 0.1) is 18.5 Å². The van der Waals surface area contributed by atoms with Crippen LogP contribution in [0.3, 0.4) is 0 Å². The Balaban J connectivity index is 1.55. The Kier molecular flexibility index (Phi) is 5.04. The largest absolute Gasteiger partial charge is 0.381 e. The number of nitrogens with zero attached hydrogens (tertiary/aromatic N) is 3. The van der Waals surface area contributed by atoms with Gasteiger partial charge in [-0.15, -0.1) is 0 Å². The minimum atomic E-state index is -1.63. The van der Waals surface area contributed by atoms with Gasteiger partial charge in [-0.3, -0.25) is 9.48 Å². The molecule has 1 aromatic rings. The molecule has 144 valence electrons. The highest BCUT2D eigenvalue weighted by Crippen LogP contribution is 2.40. The third kappa shape index (κ3) is 3.28. The summed E-state index contributed by atoms with van der Waals surface area (Å²) in [5, 5.41) is 4.64. The molecule has 2 heterocycles. The molecule has 4 rings (SSSR count). The molecule has 3 aliphatic rings. The molecule has 1 aliphatic heterocycles. The quantitative estimate of drug-likeness (QED) is 0.778. The van der Waals surface area contributed by atoms with Crippen molar-refractivity contribution in [2.24, 2.45) is 5.92 Å². The van der Waals surface area contributed by atoms with Crippen LogP contribution in [0.25, 0.3) is 0 Å². The summed E-state index contributed by atoms with van der Waals surface area (Å²) in [6.07, 6.45) is 8.62. The first-order chi connectivity index (χ1) is 12.6. The molecule has 0 aromatic carbocycles. The number of amides is 1. The van der Waals surface area contributed by atoms with Gasteiger partial charge in [0.2, 0.25) is 0 Å². The van der Waals surface area contributed by atoms with E-state index in [2.05, 4.69) is 9.78 Å². The van der Waals surface area contributed by atoms with Crippen molar-refractivity contribution in [3.05, 3.63) is 17.5 Å². The molecule has 6 heteroatoms. The lowest BCUT2D eigenvalue weighted by Crippen LogP contribution is -2.52. The Morgan fingerprint density at radius 1 is 1.35 bits per heavy atom. The molecule has 2 saturated carbocycles. The van der Waals surface area contributed by atoms with E-state index in [-0.39, 0.29) is 11.8 Å². The van der Waals surface area contributed by atoms with Gasteiger partial charge in [0.1, 0.15) is 0 Å². The number of carbonyl (C=O) groups is 1. The fourth-order valence-corrected chi connectivity index (χ4v) is 4.76. The first-order valence-electron chi connectivity index (χ1n) is 10.2. The SMILES string of the molecule is CCOC[C@H]1CN(C(=O)C2(F)CCC2)Cc2cnn(CC3CCCC3)c21. The topological polar surface area (TPSA) is 47.4 Å². The highest BCUT2D eigenvalue weighted by molar-refractivity contribution is 5.86. The second kappa shape index (κ2) is 7.29. The Hall–Kier alpha value is -1.43. The number of fused-ring (bicyclic) bond motifs is 1. The highest BCUT2D eigenvalue weighted by Gasteiger charge is 2.48. The monoisotopic (exact) mass is 363 g/mol. The predicted molar refractivity (Wildman–Crippen MR) is 96.5 cm³/mol. The lowest BCUT2D eigenvalue weighted by atomic mass is 9.80. The second-order valence-corrected chi connectivity index (χ2v) is 8.25. The molecule has 2 aliphatic carbocycles. The molecular weight excluding hydrogens is 333 g/mol. The van der Waals surface area contributed by atoms with Crippen LogP contribution in [0.5, 0.6) is 0 Å². The highest BCUT2D eigenvalue weighted by atomic mass is 19.1. The third-order valence-corrected chi connectivity index (χ3v) is 6.39. The van der Waals surface area contributed by atoms with Crippen LogP contribution in [0.2, 0.25) is 0 Å². The molecule has 1 atom stereocenters. The zero-order valence-corrected chi connectivity index (χ0v) is 15.8. The molecule has 0 spiro atoms. The fraction of sp³-hybridized carbons (Fsp3) is 0.800. The van der Waals surface area contributed by atoms with Gasteiger partial charge in [0.25, 0.3) is 5.91 Å². The van der Waals surface area contributed by atoms with E-state index in [1.807, 2.05) is 13.1 Å². The number of rotatable bonds is 6. The van der Waals surface area contributed by atoms with E-state index in [0.29, 0.717) is 45.1 Å². The van der Waals surface area contributed by atoms with E-state index < -0.39 is 5.67 Å². The molecule has 1 aromatic heterocycles. The molecular formula is C20H30FN3O2. The number of ether oxygens (including phenoxy) is 1. The summed E-state index contributed by atoms with van der Waals surface area (Å²) in [5.74, 6) is 0.449. The van der Waals surface area contributed by atoms with Crippen LogP contribution in [0.1, 0.15) is 69.0 Å². The zero-order valence-electron chi connectivity index (χ0n) is 15.8. The number of alkyl halides is 1. The molecule has 0 bridgehead atoms. The number of hydrogen-bond acceptors (Lipinski definition) is 3. The second-order valence-electron chi connectivity index (χ2n) is 8.25. The van der Waals surface area contributed by atoms with Crippen molar-refractivity contribution in [1.82, 2.24) is 14.7 Å². The first kappa shape index (κ1) is 18.0. The van der Waals surface area contributed by atoms with E-state index in [1.165, 1.54) is 31.4 Å². The van der Waals surface area contributed by atoms with Crippen LogP contribution in [0, 0.1) is 5.92 Å². The van der Waals surface area contributed by atoms with Gasteiger partial charge < -0.3 is 9.64 Å². The van der Waals surface area contributed by atoms with Crippen LogP contribution in [-0.2, 0) is 22.6 Å². The van der Waals surface area contributed by atoms with Gasteiger partial charge in [-0.25, -0.2) is 4.39 Å². The summed E-state index contributed by atoms with van der Waals surface area (Å²) < 4.78 is 22.5. The van der Waals surface area contributed by atoms with Gasteiger partial charge in [-0.2, -0.15) is 5.10 Å². The molecule has 1 amide bonds. The molecule has 0 unspecified atom stereocenters. The Morgan fingerprint density at radius 3 is 2.77 bits per heavy atom. The van der Waals surface area contributed by atoms with Crippen LogP contribution in [0.4, 0.5) is 4.39 Å². The minimum Gasteiger partial charge on any atom is -0.381 e. The number of hydrogen-bond donors (Lipinski definition) is 0. The van der Waals surface area contributed by atoms with Crippen molar-refractivity contribution in [3.8, 4) is 0 Å². The minimum absolute atomic E-state index is 0.0789. The summed E-state index contributed by atoms with van der Waals surface area (Å²) in [6.45, 7) is 5.15. The molecule has 0 radical (unpaired) electrons. The van der Waals surface area contributed by atoms with Crippen molar-refractivity contribution in [2.45, 2.75) is 76.5 Å². The zero-order chi connectivity index (χ0) is 18.1. The summed E-state index contributed by atoms with van der Waals surface area (Å²) in [6, 6.07) is 0. The van der Waals surface area contributed by atoms with E-state index in [1.54, 1.807) is 4.90 Å². The standard InChI is InChI=1S/C20H30FN3O2/c1-2-26-14-17-13-23(19(25)20(21)8-5-9-20)12-16-10-22-24(18(16)17)11-15-6-3-4-7-15/h10,15,17H,2-9,11-14H2,1H3/t17-/m1/s1. The van der Waals surface area contributed by atoms with Crippen molar-refractivity contribution in [3.63, 3.8) is 0 Å². The first-order valence-corrected chi connectivity index (χ1v) is 10.2. The fourth-order valence-electron chi connectivity index (χ4n) is 4.76. The van der Waals surface area contributed by atoms with E-state index in [4.69, 9.17) is 4.74 Å². The van der Waals surface area contributed by atoms with E-state index >= 15 is 0 Å². The molecule has 2 fully saturated rings. The van der Waals surface area contributed by atoms with Gasteiger partial charge in [0.15, 0.2) is 5.67 Å².